The van der Waals surface area contributed by atoms with Gasteiger partial charge in [-0.3, -0.25) is 4.90 Å². The second-order valence-electron chi connectivity index (χ2n) is 2.26. The summed E-state index contributed by atoms with van der Waals surface area (Å²) >= 11 is 0. The number of ether oxygens (including phenoxy) is 1. The zero-order chi connectivity index (χ0) is 7.49. The smallest absolute Gasteiger partial charge is 0.223 e. The SMILES string of the molecule is CCOC(C)(O)N(C)C. The van der Waals surface area contributed by atoms with Gasteiger partial charge in [-0.2, -0.15) is 0 Å². The quantitative estimate of drug-likeness (QED) is 0.560. The monoisotopic (exact) mass is 133 g/mol. The van der Waals surface area contributed by atoms with E-state index in [2.05, 4.69) is 0 Å². The Bertz CT molecular complexity index is 81.1. The third kappa shape index (κ3) is 2.79. The molecule has 0 bridgehead atoms. The van der Waals surface area contributed by atoms with E-state index in [1.165, 1.54) is 0 Å². The first-order chi connectivity index (χ1) is 4.00. The molecular weight excluding hydrogens is 118 g/mol. The van der Waals surface area contributed by atoms with Crippen LogP contribution in [0.1, 0.15) is 13.8 Å². The summed E-state index contributed by atoms with van der Waals surface area (Å²) in [4.78, 5) is 1.61. The summed E-state index contributed by atoms with van der Waals surface area (Å²) in [6.45, 7) is 3.97. The van der Waals surface area contributed by atoms with E-state index in [1.54, 1.807) is 25.9 Å². The molecule has 0 aliphatic heterocycles. The minimum absolute atomic E-state index is 0.519. The molecule has 9 heavy (non-hydrogen) atoms. The molecular formula is C6H15NO2. The van der Waals surface area contributed by atoms with Crippen molar-refractivity contribution in [2.75, 3.05) is 20.7 Å². The lowest BCUT2D eigenvalue weighted by Crippen LogP contribution is -2.43. The zero-order valence-corrected chi connectivity index (χ0v) is 6.51. The minimum Gasteiger partial charge on any atom is -0.353 e. The van der Waals surface area contributed by atoms with Crippen LogP contribution in [0, 0.1) is 0 Å². The summed E-state index contributed by atoms with van der Waals surface area (Å²) in [6.07, 6.45) is 0. The summed E-state index contributed by atoms with van der Waals surface area (Å²) in [5.41, 5.74) is 0. The molecule has 0 saturated carbocycles. The lowest BCUT2D eigenvalue weighted by atomic mass is 10.5. The van der Waals surface area contributed by atoms with E-state index in [9.17, 15) is 5.11 Å². The van der Waals surface area contributed by atoms with Crippen LogP contribution in [0.2, 0.25) is 0 Å². The van der Waals surface area contributed by atoms with Crippen molar-refractivity contribution < 1.29 is 9.84 Å². The molecule has 0 aromatic rings. The first-order valence-electron chi connectivity index (χ1n) is 3.04. The van der Waals surface area contributed by atoms with Crippen LogP contribution in [0.15, 0.2) is 0 Å². The molecule has 0 saturated heterocycles. The molecule has 0 aliphatic rings. The Morgan fingerprint density at radius 1 is 1.56 bits per heavy atom. The molecule has 1 atom stereocenters. The van der Waals surface area contributed by atoms with E-state index >= 15 is 0 Å². The molecule has 0 aromatic heterocycles. The summed E-state index contributed by atoms with van der Waals surface area (Å²) in [6, 6.07) is 0. The Labute approximate surface area is 56.2 Å². The fourth-order valence-corrected chi connectivity index (χ4v) is 0.403. The van der Waals surface area contributed by atoms with Gasteiger partial charge in [0.1, 0.15) is 0 Å². The van der Waals surface area contributed by atoms with E-state index in [4.69, 9.17) is 4.74 Å². The number of hydrogen-bond donors (Lipinski definition) is 1. The van der Waals surface area contributed by atoms with Gasteiger partial charge in [-0.05, 0) is 21.0 Å². The molecule has 0 aromatic carbocycles. The van der Waals surface area contributed by atoms with Gasteiger partial charge in [-0.15, -0.1) is 0 Å². The van der Waals surface area contributed by atoms with Crippen LogP contribution in [0.25, 0.3) is 0 Å². The van der Waals surface area contributed by atoms with Crippen molar-refractivity contribution in [3.05, 3.63) is 0 Å². The Morgan fingerprint density at radius 3 is 2.11 bits per heavy atom. The number of aliphatic hydroxyl groups is 1. The van der Waals surface area contributed by atoms with E-state index in [0.717, 1.165) is 0 Å². The van der Waals surface area contributed by atoms with Crippen LogP contribution in [0.5, 0.6) is 0 Å². The van der Waals surface area contributed by atoms with Crippen molar-refractivity contribution in [3.8, 4) is 0 Å². The van der Waals surface area contributed by atoms with Gasteiger partial charge in [0.25, 0.3) is 0 Å². The molecule has 0 heterocycles. The highest BCUT2D eigenvalue weighted by atomic mass is 16.6. The average molecular weight is 133 g/mol. The minimum atomic E-state index is -1.12. The Morgan fingerprint density at radius 2 is 2.00 bits per heavy atom. The number of nitrogens with zero attached hydrogens (tertiary/aromatic N) is 1. The molecule has 56 valence electrons. The maximum atomic E-state index is 9.30. The topological polar surface area (TPSA) is 32.7 Å². The normalized spacial score (nSPS) is 18.0. The van der Waals surface area contributed by atoms with Crippen LogP contribution < -0.4 is 0 Å². The van der Waals surface area contributed by atoms with Gasteiger partial charge >= 0.3 is 0 Å². The summed E-state index contributed by atoms with van der Waals surface area (Å²) in [5.74, 6) is -1.12. The number of rotatable bonds is 3. The van der Waals surface area contributed by atoms with E-state index < -0.39 is 5.91 Å². The molecule has 3 heteroatoms. The van der Waals surface area contributed by atoms with Crippen LogP contribution in [0.4, 0.5) is 0 Å². The highest BCUT2D eigenvalue weighted by Gasteiger charge is 2.22. The molecule has 1 unspecified atom stereocenters. The van der Waals surface area contributed by atoms with Gasteiger partial charge in [0, 0.05) is 13.5 Å². The Kier molecular flexibility index (Phi) is 3.11. The summed E-state index contributed by atoms with van der Waals surface area (Å²) in [5, 5.41) is 9.30. The first-order valence-corrected chi connectivity index (χ1v) is 3.04. The van der Waals surface area contributed by atoms with Gasteiger partial charge < -0.3 is 9.84 Å². The van der Waals surface area contributed by atoms with E-state index in [0.29, 0.717) is 6.61 Å². The van der Waals surface area contributed by atoms with Gasteiger partial charge in [0.2, 0.25) is 5.91 Å². The third-order valence-electron chi connectivity index (χ3n) is 1.25. The van der Waals surface area contributed by atoms with Crippen molar-refractivity contribution in [2.45, 2.75) is 19.8 Å². The molecule has 3 nitrogen and oxygen atoms in total. The second-order valence-corrected chi connectivity index (χ2v) is 2.26. The fraction of sp³-hybridized carbons (Fsp3) is 1.00. The average Bonchev–Trinajstić information content (AvgIpc) is 1.65. The van der Waals surface area contributed by atoms with Crippen molar-refractivity contribution in [3.63, 3.8) is 0 Å². The van der Waals surface area contributed by atoms with Gasteiger partial charge in [0.05, 0.1) is 0 Å². The maximum Gasteiger partial charge on any atom is 0.223 e. The zero-order valence-electron chi connectivity index (χ0n) is 6.51. The van der Waals surface area contributed by atoms with E-state index in [-0.39, 0.29) is 0 Å². The molecule has 0 spiro atoms. The van der Waals surface area contributed by atoms with Crippen molar-refractivity contribution in [2.24, 2.45) is 0 Å². The van der Waals surface area contributed by atoms with Gasteiger partial charge in [-0.1, -0.05) is 0 Å². The fourth-order valence-electron chi connectivity index (χ4n) is 0.403. The number of hydrogen-bond acceptors (Lipinski definition) is 3. The Hall–Kier alpha value is -0.120. The molecule has 0 radical (unpaired) electrons. The van der Waals surface area contributed by atoms with E-state index in [1.807, 2.05) is 6.92 Å². The maximum absolute atomic E-state index is 9.30. The lowest BCUT2D eigenvalue weighted by molar-refractivity contribution is -0.265. The predicted molar refractivity (Wildman–Crippen MR) is 35.9 cm³/mol. The van der Waals surface area contributed by atoms with Crippen molar-refractivity contribution >= 4 is 0 Å². The second kappa shape index (κ2) is 3.15. The Balaban J connectivity index is 3.70. The molecule has 1 N–H and O–H groups in total. The van der Waals surface area contributed by atoms with Crippen molar-refractivity contribution in [1.29, 1.82) is 0 Å². The molecule has 0 fully saturated rings. The summed E-state index contributed by atoms with van der Waals surface area (Å²) < 4.78 is 4.97. The lowest BCUT2D eigenvalue weighted by Gasteiger charge is -2.29. The first kappa shape index (κ1) is 8.88. The molecule has 0 rings (SSSR count). The summed E-state index contributed by atoms with van der Waals surface area (Å²) in [7, 11) is 3.52. The highest BCUT2D eigenvalue weighted by molar-refractivity contribution is 4.52. The van der Waals surface area contributed by atoms with Crippen LogP contribution >= 0.6 is 0 Å². The van der Waals surface area contributed by atoms with Crippen LogP contribution in [-0.2, 0) is 4.74 Å². The van der Waals surface area contributed by atoms with Crippen molar-refractivity contribution in [1.82, 2.24) is 4.90 Å². The molecule has 0 amide bonds. The third-order valence-corrected chi connectivity index (χ3v) is 1.25. The highest BCUT2D eigenvalue weighted by Crippen LogP contribution is 2.06. The molecule has 0 aliphatic carbocycles. The predicted octanol–water partition coefficient (Wildman–Crippen LogP) is 0.251. The van der Waals surface area contributed by atoms with Crippen LogP contribution in [0.3, 0.4) is 0 Å². The van der Waals surface area contributed by atoms with Gasteiger partial charge in [-0.25, -0.2) is 0 Å². The van der Waals surface area contributed by atoms with Crippen LogP contribution in [-0.4, -0.2) is 36.6 Å². The van der Waals surface area contributed by atoms with Gasteiger partial charge in [0.15, 0.2) is 0 Å². The standard InChI is InChI=1S/C6H15NO2/c1-5-9-6(2,8)7(3)4/h8H,5H2,1-4H3. The largest absolute Gasteiger partial charge is 0.353 e.